The van der Waals surface area contributed by atoms with Gasteiger partial charge in [-0.05, 0) is 136 Å². The minimum Gasteiger partial charge on any atom is -0.436 e. The molecule has 3 aromatic carbocycles. The molecule has 6 aliphatic heterocycles. The number of anilines is 2. The monoisotopic (exact) mass is 1060 g/mol. The van der Waals surface area contributed by atoms with Crippen molar-refractivity contribution in [3.05, 3.63) is 82.9 Å². The van der Waals surface area contributed by atoms with Gasteiger partial charge >= 0.3 is 12.2 Å². The number of fused-ring (bicyclic) bond motifs is 2. The largest absolute Gasteiger partial charge is 0.436 e. The summed E-state index contributed by atoms with van der Waals surface area (Å²) in [5.74, 6) is -1.09. The van der Waals surface area contributed by atoms with Crippen molar-refractivity contribution in [3.8, 4) is 0 Å². The molecule has 77 heavy (non-hydrogen) atoms. The van der Waals surface area contributed by atoms with Gasteiger partial charge in [0.15, 0.2) is 23.8 Å². The summed E-state index contributed by atoms with van der Waals surface area (Å²) < 4.78 is 55.9. The van der Waals surface area contributed by atoms with Crippen molar-refractivity contribution in [1.82, 2.24) is 29.7 Å². The molecule has 0 bridgehead atoms. The number of halogens is 2. The Morgan fingerprint density at radius 2 is 1.17 bits per heavy atom. The van der Waals surface area contributed by atoms with Crippen molar-refractivity contribution in [2.45, 2.75) is 134 Å². The number of nitrogens with one attached hydrogen (secondary N) is 2. The summed E-state index contributed by atoms with van der Waals surface area (Å²) in [7, 11) is 0. The zero-order chi connectivity index (χ0) is 53.9. The standard InChI is InChI=1S/C57H72F2N10O8/c1-32-27-46(35-9-11-40-42(28-35)64-50(62-40)44-7-5-19-67(44)52(70)48(76-54(60)72)33-13-23-74-24-14-33)69(37-30-38(58)47(39(59)31-37)66-21-17-56(2,3)18-22-66)57(32,4)36-10-12-41-43(29-36)65-51(63-41)45-8-6-20-68(45)53(71)49(77-55(61)73)34-15-25-75-26-16-34/h9-12,28-34,44-46,48-49H,5-8,13-27H2,1-4H3,(H2,60,72)(H2,61,73)(H,62,64)(H,63,65)/t32?,44-,45-,46?,48-,49-,57+/m0/s1. The highest BCUT2D eigenvalue weighted by molar-refractivity contribution is 5.86. The summed E-state index contributed by atoms with van der Waals surface area (Å²) in [6.45, 7) is 12.6. The van der Waals surface area contributed by atoms with E-state index in [2.05, 4.69) is 54.7 Å². The number of benzene rings is 3. The van der Waals surface area contributed by atoms with E-state index in [1.54, 1.807) is 9.80 Å². The molecule has 0 aliphatic carbocycles. The van der Waals surface area contributed by atoms with E-state index in [-0.39, 0.29) is 52.8 Å². The van der Waals surface area contributed by atoms with E-state index in [0.717, 1.165) is 47.8 Å². The van der Waals surface area contributed by atoms with Gasteiger partial charge in [-0.1, -0.05) is 32.9 Å². The zero-order valence-electron chi connectivity index (χ0n) is 44.5. The molecule has 6 fully saturated rings. The normalized spacial score (nSPS) is 26.2. The topological polar surface area (TPSA) is 228 Å². The SMILES string of the molecule is CC1CC(c2ccc3nc([C@@H]4CCCN4C(=O)[C@@H](OC(N)=O)C4CCOCC4)[nH]c3c2)N(c2cc(F)c(N3CCC(C)(C)CC3)c(F)c2)[C@@]1(C)c1ccc2nc([C@@H]3CCCN3C(=O)[C@@H](OC(N)=O)C3CCOCC3)[nH]c2c1. The first-order chi connectivity index (χ1) is 37.0. The number of nitrogens with zero attached hydrogens (tertiary/aromatic N) is 6. The molecule has 20 heteroatoms. The van der Waals surface area contributed by atoms with Crippen LogP contribution in [0.5, 0.6) is 0 Å². The van der Waals surface area contributed by atoms with Crippen LogP contribution in [0.25, 0.3) is 22.1 Å². The summed E-state index contributed by atoms with van der Waals surface area (Å²) in [4.78, 5) is 77.4. The summed E-state index contributed by atoms with van der Waals surface area (Å²) in [6.07, 6.45) is 3.30. The summed E-state index contributed by atoms with van der Waals surface area (Å²) in [5, 5.41) is 0. The number of amides is 4. The van der Waals surface area contributed by atoms with Gasteiger partial charge in [-0.3, -0.25) is 9.59 Å². The lowest BCUT2D eigenvalue weighted by Gasteiger charge is -2.43. The van der Waals surface area contributed by atoms with Gasteiger partial charge in [0.25, 0.3) is 11.8 Å². The number of H-pyrrole nitrogens is 2. The Morgan fingerprint density at radius 3 is 1.68 bits per heavy atom. The van der Waals surface area contributed by atoms with Crippen LogP contribution in [0.15, 0.2) is 48.5 Å². The molecule has 4 amide bonds. The van der Waals surface area contributed by atoms with Crippen molar-refractivity contribution < 1.29 is 46.9 Å². The van der Waals surface area contributed by atoms with Crippen molar-refractivity contribution >= 4 is 57.4 Å². The third-order valence-electron chi connectivity index (χ3n) is 18.1. The Morgan fingerprint density at radius 1 is 0.675 bits per heavy atom. The molecular formula is C57H72F2N10O8. The Hall–Kier alpha value is -6.54. The van der Waals surface area contributed by atoms with Crippen LogP contribution >= 0.6 is 0 Å². The summed E-state index contributed by atoms with van der Waals surface area (Å²) >= 11 is 0. The van der Waals surface area contributed by atoms with Gasteiger partial charge in [-0.15, -0.1) is 0 Å². The number of piperidine rings is 1. The molecule has 11 rings (SSSR count). The van der Waals surface area contributed by atoms with Crippen LogP contribution in [0.4, 0.5) is 29.7 Å². The van der Waals surface area contributed by atoms with Gasteiger partial charge in [-0.25, -0.2) is 28.3 Å². The second-order valence-corrected chi connectivity index (χ2v) is 23.3. The first kappa shape index (κ1) is 52.5. The van der Waals surface area contributed by atoms with Gasteiger partial charge in [0.2, 0.25) is 0 Å². The third-order valence-corrected chi connectivity index (χ3v) is 18.1. The second kappa shape index (κ2) is 21.0. The van der Waals surface area contributed by atoms with Crippen LogP contribution in [0, 0.1) is 34.8 Å². The molecule has 2 unspecified atom stereocenters. The second-order valence-electron chi connectivity index (χ2n) is 23.3. The number of aromatic nitrogens is 4. The Bertz CT molecular complexity index is 3010. The lowest BCUT2D eigenvalue weighted by atomic mass is 9.81. The number of hydrogen-bond acceptors (Lipinski definition) is 12. The lowest BCUT2D eigenvalue weighted by molar-refractivity contribution is -0.146. The maximum Gasteiger partial charge on any atom is 0.405 e. The number of likely N-dealkylation sites (tertiary alicyclic amines) is 2. The molecule has 6 aliphatic rings. The summed E-state index contributed by atoms with van der Waals surface area (Å²) in [6, 6.07) is 13.9. The molecule has 7 atom stereocenters. The lowest BCUT2D eigenvalue weighted by Crippen LogP contribution is -2.47. The van der Waals surface area contributed by atoms with Crippen molar-refractivity contribution in [2.24, 2.45) is 34.6 Å². The van der Waals surface area contributed by atoms with Crippen molar-refractivity contribution in [2.75, 3.05) is 62.4 Å². The number of aromatic amines is 2. The molecule has 2 aromatic heterocycles. The maximum absolute atomic E-state index is 16.9. The predicted octanol–water partition coefficient (Wildman–Crippen LogP) is 8.95. The minimum absolute atomic E-state index is 0.00743. The predicted molar refractivity (Wildman–Crippen MR) is 284 cm³/mol. The van der Waals surface area contributed by atoms with E-state index in [1.807, 2.05) is 29.2 Å². The number of primary amides is 2. The number of rotatable bonds is 12. The summed E-state index contributed by atoms with van der Waals surface area (Å²) in [5.41, 5.74) is 15.4. The van der Waals surface area contributed by atoms with E-state index >= 15 is 8.78 Å². The molecule has 5 aromatic rings. The first-order valence-corrected chi connectivity index (χ1v) is 27.7. The van der Waals surface area contributed by atoms with Crippen molar-refractivity contribution in [3.63, 3.8) is 0 Å². The molecule has 0 spiro atoms. The Labute approximate surface area is 446 Å². The average molecular weight is 1060 g/mol. The maximum atomic E-state index is 16.9. The van der Waals surface area contributed by atoms with E-state index in [0.29, 0.717) is 126 Å². The fourth-order valence-corrected chi connectivity index (χ4v) is 13.6. The quantitative estimate of drug-likeness (QED) is 0.0918. The van der Waals surface area contributed by atoms with Crippen LogP contribution in [-0.4, -0.2) is 119 Å². The first-order valence-electron chi connectivity index (χ1n) is 27.7. The number of ether oxygens (including phenoxy) is 4. The van der Waals surface area contributed by atoms with Gasteiger partial charge in [-0.2, -0.15) is 0 Å². The van der Waals surface area contributed by atoms with E-state index < -0.39 is 47.6 Å². The van der Waals surface area contributed by atoms with Crippen LogP contribution in [0.2, 0.25) is 0 Å². The number of hydrogen-bond donors (Lipinski definition) is 4. The highest BCUT2D eigenvalue weighted by atomic mass is 19.1. The Balaban J connectivity index is 0.931. The van der Waals surface area contributed by atoms with E-state index in [9.17, 15) is 19.2 Å². The molecule has 18 nitrogen and oxygen atoms in total. The highest BCUT2D eigenvalue weighted by Gasteiger charge is 2.51. The smallest absolute Gasteiger partial charge is 0.405 e. The number of nitrogens with two attached hydrogens (primary N) is 2. The molecule has 0 saturated carbocycles. The van der Waals surface area contributed by atoms with Crippen LogP contribution in [0.1, 0.15) is 139 Å². The van der Waals surface area contributed by atoms with E-state index in [4.69, 9.17) is 40.4 Å². The van der Waals surface area contributed by atoms with Gasteiger partial charge in [0, 0.05) is 70.1 Å². The molecule has 6 saturated heterocycles. The minimum atomic E-state index is -1.03. The Kier molecular flexibility index (Phi) is 14.3. The van der Waals surface area contributed by atoms with Gasteiger partial charge < -0.3 is 60.0 Å². The van der Waals surface area contributed by atoms with Crippen molar-refractivity contribution in [1.29, 1.82) is 0 Å². The average Bonchev–Trinajstić information content (AvgIpc) is 4.47. The molecular weight excluding hydrogens is 991 g/mol. The third kappa shape index (κ3) is 10.0. The van der Waals surface area contributed by atoms with Gasteiger partial charge in [0.05, 0.1) is 45.7 Å². The fraction of sp³-hybridized carbons (Fsp3) is 0.579. The molecule has 412 valence electrons. The van der Waals surface area contributed by atoms with Crippen LogP contribution in [0.3, 0.4) is 0 Å². The molecule has 8 heterocycles. The van der Waals surface area contributed by atoms with Gasteiger partial charge in [0.1, 0.15) is 17.3 Å². The van der Waals surface area contributed by atoms with Crippen LogP contribution in [-0.2, 0) is 34.1 Å². The van der Waals surface area contributed by atoms with Crippen LogP contribution < -0.4 is 21.3 Å². The highest BCUT2D eigenvalue weighted by Crippen LogP contribution is 2.55. The zero-order valence-corrected chi connectivity index (χ0v) is 44.5. The molecule has 6 N–H and O–H groups in total. The fourth-order valence-electron chi connectivity index (χ4n) is 13.6. The number of carbonyl (C=O) groups excluding carboxylic acids is 4. The molecule has 0 radical (unpaired) electrons. The number of imidazole rings is 2. The van der Waals surface area contributed by atoms with E-state index in [1.165, 1.54) is 12.1 Å². The number of carbonyl (C=O) groups is 4.